The molecule has 1 N–H and O–H groups in total. The number of benzene rings is 1. The molecule has 1 unspecified atom stereocenters. The van der Waals surface area contributed by atoms with E-state index in [0.29, 0.717) is 6.04 Å². The first-order valence-corrected chi connectivity index (χ1v) is 5.67. The van der Waals surface area contributed by atoms with Crippen molar-refractivity contribution in [3.63, 3.8) is 0 Å². The van der Waals surface area contributed by atoms with E-state index in [9.17, 15) is 0 Å². The molecule has 0 saturated carbocycles. The van der Waals surface area contributed by atoms with Gasteiger partial charge in [0.15, 0.2) is 0 Å². The number of anilines is 2. The Morgan fingerprint density at radius 1 is 1.27 bits per heavy atom. The molecule has 1 aliphatic heterocycles. The fraction of sp³-hybridized carbons (Fsp3) is 0.538. The summed E-state index contributed by atoms with van der Waals surface area (Å²) < 4.78 is 0. The largest absolute Gasteiger partial charge is 0.381 e. The van der Waals surface area contributed by atoms with Crippen LogP contribution in [0.5, 0.6) is 0 Å². The number of aryl methyl sites for hydroxylation is 2. The smallest absolute Gasteiger partial charge is 0.0602 e. The number of nitrogens with one attached hydrogen (secondary N) is 1. The monoisotopic (exact) mass is 204 g/mol. The summed E-state index contributed by atoms with van der Waals surface area (Å²) in [7, 11) is 2.17. The van der Waals surface area contributed by atoms with Crippen molar-refractivity contribution in [1.82, 2.24) is 0 Å². The quantitative estimate of drug-likeness (QED) is 0.699. The highest BCUT2D eigenvalue weighted by Gasteiger charge is 2.16. The van der Waals surface area contributed by atoms with E-state index in [0.717, 1.165) is 6.54 Å². The molecule has 0 aliphatic carbocycles. The third kappa shape index (κ3) is 1.94. The van der Waals surface area contributed by atoms with E-state index in [4.69, 9.17) is 0 Å². The lowest BCUT2D eigenvalue weighted by Crippen LogP contribution is -2.20. The number of nitrogens with zero attached hydrogens (tertiary/aromatic N) is 1. The predicted molar refractivity (Wildman–Crippen MR) is 66.9 cm³/mol. The van der Waals surface area contributed by atoms with Crippen LogP contribution in [0.3, 0.4) is 0 Å². The van der Waals surface area contributed by atoms with E-state index in [1.807, 2.05) is 0 Å². The summed E-state index contributed by atoms with van der Waals surface area (Å²) in [4.78, 5) is 2.35. The third-order valence-electron chi connectivity index (χ3n) is 3.32. The minimum atomic E-state index is 0.566. The number of fused-ring (bicyclic) bond motifs is 1. The van der Waals surface area contributed by atoms with Crippen LogP contribution in [-0.2, 0) is 0 Å². The van der Waals surface area contributed by atoms with Crippen LogP contribution in [0.2, 0.25) is 0 Å². The number of hydrogen-bond acceptors (Lipinski definition) is 2. The lowest BCUT2D eigenvalue weighted by Gasteiger charge is -2.20. The van der Waals surface area contributed by atoms with Crippen LogP contribution in [0.1, 0.15) is 24.5 Å². The maximum Gasteiger partial charge on any atom is 0.0602 e. The van der Waals surface area contributed by atoms with Gasteiger partial charge in [0.25, 0.3) is 0 Å². The molecule has 1 atom stereocenters. The van der Waals surface area contributed by atoms with Gasteiger partial charge in [-0.3, -0.25) is 0 Å². The zero-order chi connectivity index (χ0) is 11.0. The van der Waals surface area contributed by atoms with Gasteiger partial charge in [0.1, 0.15) is 0 Å². The van der Waals surface area contributed by atoms with Crippen molar-refractivity contribution in [2.75, 3.05) is 23.8 Å². The van der Waals surface area contributed by atoms with Crippen LogP contribution >= 0.6 is 0 Å². The van der Waals surface area contributed by atoms with E-state index in [1.165, 1.54) is 28.9 Å². The summed E-state index contributed by atoms with van der Waals surface area (Å²) in [6.07, 6.45) is 1.20. The molecule has 15 heavy (non-hydrogen) atoms. The van der Waals surface area contributed by atoms with Crippen LogP contribution in [0, 0.1) is 13.8 Å². The molecule has 0 spiro atoms. The van der Waals surface area contributed by atoms with E-state index in [2.05, 4.69) is 50.2 Å². The molecular weight excluding hydrogens is 184 g/mol. The average Bonchev–Trinajstić information content (AvgIpc) is 2.30. The lowest BCUT2D eigenvalue weighted by atomic mass is 10.1. The molecule has 2 heteroatoms. The van der Waals surface area contributed by atoms with Gasteiger partial charge in [-0.25, -0.2) is 0 Å². The highest BCUT2D eigenvalue weighted by Crippen LogP contribution is 2.31. The van der Waals surface area contributed by atoms with E-state index in [-0.39, 0.29) is 0 Å². The topological polar surface area (TPSA) is 15.3 Å². The lowest BCUT2D eigenvalue weighted by molar-refractivity contribution is 0.711. The normalized spacial score (nSPS) is 20.5. The molecule has 2 nitrogen and oxygen atoms in total. The summed E-state index contributed by atoms with van der Waals surface area (Å²) in [5.41, 5.74) is 5.36. The van der Waals surface area contributed by atoms with Crippen molar-refractivity contribution in [2.45, 2.75) is 33.2 Å². The summed E-state index contributed by atoms with van der Waals surface area (Å²) in [5, 5.41) is 3.58. The SMILES string of the molecule is Cc1cc2c(cc1C)N(C)CCC(C)N2. The highest BCUT2D eigenvalue weighted by atomic mass is 15.1. The van der Waals surface area contributed by atoms with Crippen LogP contribution < -0.4 is 10.2 Å². The Morgan fingerprint density at radius 2 is 1.93 bits per heavy atom. The number of rotatable bonds is 0. The van der Waals surface area contributed by atoms with Crippen molar-refractivity contribution in [1.29, 1.82) is 0 Å². The molecule has 0 bridgehead atoms. The van der Waals surface area contributed by atoms with Crippen molar-refractivity contribution in [2.24, 2.45) is 0 Å². The van der Waals surface area contributed by atoms with E-state index in [1.54, 1.807) is 0 Å². The molecule has 2 rings (SSSR count). The van der Waals surface area contributed by atoms with Crippen LogP contribution in [-0.4, -0.2) is 19.6 Å². The van der Waals surface area contributed by atoms with E-state index >= 15 is 0 Å². The second-order valence-electron chi connectivity index (χ2n) is 4.71. The predicted octanol–water partition coefficient (Wildman–Crippen LogP) is 2.94. The zero-order valence-electron chi connectivity index (χ0n) is 10.1. The first-order chi connectivity index (χ1) is 7.08. The minimum Gasteiger partial charge on any atom is -0.381 e. The molecule has 82 valence electrons. The molecule has 1 heterocycles. The van der Waals surface area contributed by atoms with Crippen LogP contribution in [0.25, 0.3) is 0 Å². The van der Waals surface area contributed by atoms with Gasteiger partial charge in [0, 0.05) is 19.6 Å². The molecule has 0 radical (unpaired) electrons. The Morgan fingerprint density at radius 3 is 2.67 bits per heavy atom. The molecule has 0 saturated heterocycles. The van der Waals surface area contributed by atoms with Crippen molar-refractivity contribution >= 4 is 11.4 Å². The Balaban J connectivity index is 2.48. The fourth-order valence-corrected chi connectivity index (χ4v) is 2.08. The Bertz CT molecular complexity index is 371. The number of hydrogen-bond donors (Lipinski definition) is 1. The molecule has 0 amide bonds. The molecule has 1 aromatic carbocycles. The average molecular weight is 204 g/mol. The van der Waals surface area contributed by atoms with Gasteiger partial charge in [-0.15, -0.1) is 0 Å². The zero-order valence-corrected chi connectivity index (χ0v) is 10.1. The Labute approximate surface area is 92.3 Å². The van der Waals surface area contributed by atoms with E-state index < -0.39 is 0 Å². The molecule has 0 fully saturated rings. The van der Waals surface area contributed by atoms with Crippen LogP contribution in [0.15, 0.2) is 12.1 Å². The maximum atomic E-state index is 3.58. The fourth-order valence-electron chi connectivity index (χ4n) is 2.08. The summed E-state index contributed by atoms with van der Waals surface area (Å²) in [6, 6.07) is 5.12. The van der Waals surface area contributed by atoms with Gasteiger partial charge in [-0.1, -0.05) is 0 Å². The van der Waals surface area contributed by atoms with Gasteiger partial charge in [-0.2, -0.15) is 0 Å². The third-order valence-corrected chi connectivity index (χ3v) is 3.32. The maximum absolute atomic E-state index is 3.58. The second kappa shape index (κ2) is 3.76. The van der Waals surface area contributed by atoms with Gasteiger partial charge in [0.05, 0.1) is 11.4 Å². The van der Waals surface area contributed by atoms with Gasteiger partial charge < -0.3 is 10.2 Å². The molecule has 0 aromatic heterocycles. The molecular formula is C13H20N2. The summed E-state index contributed by atoms with van der Waals surface area (Å²) in [6.45, 7) is 7.73. The highest BCUT2D eigenvalue weighted by molar-refractivity contribution is 5.73. The molecule has 1 aromatic rings. The first-order valence-electron chi connectivity index (χ1n) is 5.67. The van der Waals surface area contributed by atoms with Gasteiger partial charge >= 0.3 is 0 Å². The minimum absolute atomic E-state index is 0.566. The Kier molecular flexibility index (Phi) is 2.59. The Hall–Kier alpha value is -1.18. The molecule has 1 aliphatic rings. The standard InChI is InChI=1S/C13H20N2/c1-9-7-12-13(8-10(9)2)15(4)6-5-11(3)14-12/h7-8,11,14H,5-6H2,1-4H3. The summed E-state index contributed by atoms with van der Waals surface area (Å²) in [5.74, 6) is 0. The van der Waals surface area contributed by atoms with Crippen molar-refractivity contribution in [3.05, 3.63) is 23.3 Å². The first kappa shape index (κ1) is 10.3. The van der Waals surface area contributed by atoms with Gasteiger partial charge in [-0.05, 0) is 50.5 Å². The van der Waals surface area contributed by atoms with Crippen molar-refractivity contribution < 1.29 is 0 Å². The summed E-state index contributed by atoms with van der Waals surface area (Å²) >= 11 is 0. The second-order valence-corrected chi connectivity index (χ2v) is 4.71. The van der Waals surface area contributed by atoms with Crippen LogP contribution in [0.4, 0.5) is 11.4 Å². The van der Waals surface area contributed by atoms with Gasteiger partial charge in [0.2, 0.25) is 0 Å². The van der Waals surface area contributed by atoms with Crippen molar-refractivity contribution in [3.8, 4) is 0 Å².